The maximum Gasteiger partial charge on any atom is 0.226 e. The summed E-state index contributed by atoms with van der Waals surface area (Å²) in [5.41, 5.74) is 5.53. The fourth-order valence-electron chi connectivity index (χ4n) is 5.69. The van der Waals surface area contributed by atoms with E-state index in [4.69, 9.17) is 10.5 Å². The van der Waals surface area contributed by atoms with Crippen LogP contribution in [0, 0.1) is 23.7 Å². The van der Waals surface area contributed by atoms with E-state index in [1.807, 2.05) is 29.2 Å². The summed E-state index contributed by atoms with van der Waals surface area (Å²) in [5.74, 6) is 0.990. The second-order valence-electron chi connectivity index (χ2n) is 8.52. The number of benzene rings is 1. The molecule has 2 N–H and O–H groups in total. The molecule has 27 heavy (non-hydrogen) atoms. The van der Waals surface area contributed by atoms with Crippen LogP contribution in [0.1, 0.15) is 42.5 Å². The van der Waals surface area contributed by atoms with Gasteiger partial charge in [-0.15, -0.1) is 0 Å². The first kappa shape index (κ1) is 16.8. The first-order chi connectivity index (χ1) is 13.0. The molecule has 1 spiro atoms. The Labute approximate surface area is 158 Å². The molecule has 0 aromatic heterocycles. The van der Waals surface area contributed by atoms with Crippen LogP contribution in [0.25, 0.3) is 0 Å². The zero-order valence-electron chi connectivity index (χ0n) is 15.2. The molecule has 4 aliphatic rings. The van der Waals surface area contributed by atoms with Gasteiger partial charge in [0.1, 0.15) is 11.4 Å². The number of nitrogens with two attached hydrogens (primary N) is 1. The minimum Gasteiger partial charge on any atom is -0.486 e. The number of para-hydroxylation sites is 1. The number of piperidine rings is 1. The molecule has 2 saturated carbocycles. The van der Waals surface area contributed by atoms with Gasteiger partial charge in [-0.05, 0) is 43.7 Å². The molecule has 2 aliphatic heterocycles. The molecule has 2 amide bonds. The Hall–Kier alpha value is -2.37. The summed E-state index contributed by atoms with van der Waals surface area (Å²) in [4.78, 5) is 39.0. The van der Waals surface area contributed by atoms with Crippen molar-refractivity contribution in [3.63, 3.8) is 0 Å². The summed E-state index contributed by atoms with van der Waals surface area (Å²) < 4.78 is 6.37. The van der Waals surface area contributed by atoms with Gasteiger partial charge >= 0.3 is 0 Å². The monoisotopic (exact) mass is 368 g/mol. The first-order valence-corrected chi connectivity index (χ1v) is 9.89. The third-order valence-corrected chi connectivity index (χ3v) is 7.13. The number of fused-ring (bicyclic) bond motifs is 3. The molecule has 2 aliphatic carbocycles. The van der Waals surface area contributed by atoms with Crippen LogP contribution < -0.4 is 10.5 Å². The van der Waals surface area contributed by atoms with Crippen LogP contribution in [0.2, 0.25) is 0 Å². The van der Waals surface area contributed by atoms with Crippen molar-refractivity contribution in [2.24, 2.45) is 29.4 Å². The van der Waals surface area contributed by atoms with E-state index in [-0.39, 0.29) is 35.4 Å². The molecule has 6 nitrogen and oxygen atoms in total. The van der Waals surface area contributed by atoms with E-state index in [1.165, 1.54) is 0 Å². The number of ketones is 1. The van der Waals surface area contributed by atoms with Gasteiger partial charge in [0.25, 0.3) is 0 Å². The summed E-state index contributed by atoms with van der Waals surface area (Å²) in [6, 6.07) is 7.41. The molecule has 6 heteroatoms. The minimum atomic E-state index is -0.512. The number of amides is 2. The highest BCUT2D eigenvalue weighted by Gasteiger charge is 2.71. The Morgan fingerprint density at radius 3 is 2.63 bits per heavy atom. The number of hydrogen-bond acceptors (Lipinski definition) is 4. The number of Topliss-reactive ketones (excluding diaryl/α,β-unsaturated/α-hetero) is 1. The zero-order chi connectivity index (χ0) is 18.8. The summed E-state index contributed by atoms with van der Waals surface area (Å²) in [7, 11) is 0. The van der Waals surface area contributed by atoms with E-state index in [0.717, 1.165) is 12.8 Å². The Kier molecular flexibility index (Phi) is 3.61. The summed E-state index contributed by atoms with van der Waals surface area (Å²) >= 11 is 0. The molecule has 2 heterocycles. The van der Waals surface area contributed by atoms with Gasteiger partial charge in [0.15, 0.2) is 5.78 Å². The molecule has 3 fully saturated rings. The SMILES string of the molecule is NC(=O)C1CCN(C(=O)[C@@H]2[C@@H]3CC[C@@]4(CC(=O)c5ccccc5O4)[C@H]32)CC1. The minimum absolute atomic E-state index is 0.0399. The zero-order valence-corrected chi connectivity index (χ0v) is 15.2. The summed E-state index contributed by atoms with van der Waals surface area (Å²) in [5, 5.41) is 0. The van der Waals surface area contributed by atoms with Gasteiger partial charge < -0.3 is 15.4 Å². The summed E-state index contributed by atoms with van der Waals surface area (Å²) in [6.07, 6.45) is 3.45. The van der Waals surface area contributed by atoms with E-state index in [1.54, 1.807) is 0 Å². The summed E-state index contributed by atoms with van der Waals surface area (Å²) in [6.45, 7) is 1.19. The molecule has 0 radical (unpaired) electrons. The van der Waals surface area contributed by atoms with Crippen LogP contribution in [0.3, 0.4) is 0 Å². The van der Waals surface area contributed by atoms with Crippen LogP contribution >= 0.6 is 0 Å². The third-order valence-electron chi connectivity index (χ3n) is 7.13. The molecule has 5 rings (SSSR count). The fraction of sp³-hybridized carbons (Fsp3) is 0.571. The number of rotatable bonds is 2. The molecule has 0 bridgehead atoms. The number of primary amides is 1. The number of hydrogen-bond donors (Lipinski definition) is 1. The Morgan fingerprint density at radius 2 is 1.89 bits per heavy atom. The van der Waals surface area contributed by atoms with Crippen molar-refractivity contribution >= 4 is 17.6 Å². The van der Waals surface area contributed by atoms with Crippen molar-refractivity contribution < 1.29 is 19.1 Å². The smallest absolute Gasteiger partial charge is 0.226 e. The second kappa shape index (κ2) is 5.81. The van der Waals surface area contributed by atoms with Crippen LogP contribution in [-0.4, -0.2) is 41.2 Å². The predicted molar refractivity (Wildman–Crippen MR) is 97.0 cm³/mol. The van der Waals surface area contributed by atoms with E-state index in [9.17, 15) is 14.4 Å². The standard InChI is InChI=1S/C21H24N2O4/c22-19(25)12-6-9-23(10-7-12)20(26)17-14-5-8-21(18(14)17)11-15(24)13-3-1-2-4-16(13)27-21/h1-4,12,14,17-18H,5-11H2,(H2,22,25)/t14-,17+,18+,21+/m0/s1. The van der Waals surface area contributed by atoms with Gasteiger partial charge in [-0.1, -0.05) is 12.1 Å². The lowest BCUT2D eigenvalue weighted by Crippen LogP contribution is -2.46. The highest BCUT2D eigenvalue weighted by molar-refractivity contribution is 6.00. The Morgan fingerprint density at radius 1 is 1.15 bits per heavy atom. The van der Waals surface area contributed by atoms with Crippen molar-refractivity contribution in [3.8, 4) is 5.75 Å². The van der Waals surface area contributed by atoms with Gasteiger partial charge in [-0.2, -0.15) is 0 Å². The normalized spacial score (nSPS) is 34.7. The van der Waals surface area contributed by atoms with E-state index in [2.05, 4.69) is 0 Å². The van der Waals surface area contributed by atoms with Gasteiger partial charge in [-0.3, -0.25) is 14.4 Å². The molecule has 142 valence electrons. The third kappa shape index (κ3) is 2.49. The predicted octanol–water partition coefficient (Wildman–Crippen LogP) is 1.77. The Balaban J connectivity index is 1.31. The fourth-order valence-corrected chi connectivity index (χ4v) is 5.69. The van der Waals surface area contributed by atoms with Crippen LogP contribution in [-0.2, 0) is 9.59 Å². The van der Waals surface area contributed by atoms with Gasteiger partial charge in [0.05, 0.1) is 12.0 Å². The highest BCUT2D eigenvalue weighted by atomic mass is 16.5. The number of carbonyl (C=O) groups is 3. The highest BCUT2D eigenvalue weighted by Crippen LogP contribution is 2.66. The van der Waals surface area contributed by atoms with Gasteiger partial charge in [0.2, 0.25) is 11.8 Å². The van der Waals surface area contributed by atoms with Crippen molar-refractivity contribution in [3.05, 3.63) is 29.8 Å². The molecule has 1 saturated heterocycles. The maximum atomic E-state index is 13.1. The van der Waals surface area contributed by atoms with E-state index in [0.29, 0.717) is 49.6 Å². The molecule has 0 unspecified atom stereocenters. The van der Waals surface area contributed by atoms with Gasteiger partial charge in [-0.25, -0.2) is 0 Å². The van der Waals surface area contributed by atoms with Crippen molar-refractivity contribution in [1.82, 2.24) is 4.90 Å². The average molecular weight is 368 g/mol. The molecule has 4 atom stereocenters. The number of ether oxygens (including phenoxy) is 1. The van der Waals surface area contributed by atoms with Gasteiger partial charge in [0, 0.05) is 30.8 Å². The van der Waals surface area contributed by atoms with E-state index >= 15 is 0 Å². The van der Waals surface area contributed by atoms with Crippen LogP contribution in [0.4, 0.5) is 0 Å². The van der Waals surface area contributed by atoms with Crippen LogP contribution in [0.15, 0.2) is 24.3 Å². The molecular formula is C21H24N2O4. The van der Waals surface area contributed by atoms with Crippen LogP contribution in [0.5, 0.6) is 5.75 Å². The quantitative estimate of drug-likeness (QED) is 0.861. The lowest BCUT2D eigenvalue weighted by Gasteiger charge is -2.38. The molecule has 1 aromatic rings. The lowest BCUT2D eigenvalue weighted by molar-refractivity contribution is -0.137. The second-order valence-corrected chi connectivity index (χ2v) is 8.52. The number of likely N-dealkylation sites (tertiary alicyclic amines) is 1. The average Bonchev–Trinajstić information content (AvgIpc) is 3.32. The van der Waals surface area contributed by atoms with E-state index < -0.39 is 5.60 Å². The van der Waals surface area contributed by atoms with Crippen molar-refractivity contribution in [2.75, 3.05) is 13.1 Å². The topological polar surface area (TPSA) is 89.7 Å². The Bertz CT molecular complexity index is 829. The number of nitrogens with zero attached hydrogens (tertiary/aromatic N) is 1. The molecular weight excluding hydrogens is 344 g/mol. The van der Waals surface area contributed by atoms with Crippen molar-refractivity contribution in [1.29, 1.82) is 0 Å². The number of carbonyl (C=O) groups excluding carboxylic acids is 3. The molecule has 1 aromatic carbocycles. The first-order valence-electron chi connectivity index (χ1n) is 9.89. The largest absolute Gasteiger partial charge is 0.486 e. The lowest BCUT2D eigenvalue weighted by atomic mass is 9.84. The van der Waals surface area contributed by atoms with Crippen molar-refractivity contribution in [2.45, 2.75) is 37.7 Å². The maximum absolute atomic E-state index is 13.1.